The van der Waals surface area contributed by atoms with E-state index >= 15 is 0 Å². The van der Waals surface area contributed by atoms with Crippen LogP contribution in [0.2, 0.25) is 0 Å². The molecular formula is C13H15F2N5. The molecule has 5 nitrogen and oxygen atoms in total. The van der Waals surface area contributed by atoms with Gasteiger partial charge >= 0.3 is 0 Å². The fourth-order valence-electron chi connectivity index (χ4n) is 1.59. The van der Waals surface area contributed by atoms with Crippen molar-refractivity contribution in [2.45, 2.75) is 19.8 Å². The highest BCUT2D eigenvalue weighted by Gasteiger charge is 2.10. The van der Waals surface area contributed by atoms with Crippen LogP contribution in [-0.4, -0.2) is 9.97 Å². The van der Waals surface area contributed by atoms with Gasteiger partial charge in [0.25, 0.3) is 0 Å². The van der Waals surface area contributed by atoms with Crippen molar-refractivity contribution in [3.63, 3.8) is 0 Å². The molecule has 106 valence electrons. The van der Waals surface area contributed by atoms with Crippen molar-refractivity contribution in [2.75, 3.05) is 10.7 Å². The van der Waals surface area contributed by atoms with E-state index in [2.05, 4.69) is 20.7 Å². The van der Waals surface area contributed by atoms with Gasteiger partial charge in [-0.1, -0.05) is 13.8 Å². The summed E-state index contributed by atoms with van der Waals surface area (Å²) >= 11 is 0. The van der Waals surface area contributed by atoms with Crippen LogP contribution in [0.5, 0.6) is 0 Å². The maximum Gasteiger partial charge on any atom is 0.146 e. The second-order valence-electron chi connectivity index (χ2n) is 4.54. The molecule has 0 unspecified atom stereocenters. The van der Waals surface area contributed by atoms with E-state index in [1.807, 2.05) is 13.8 Å². The summed E-state index contributed by atoms with van der Waals surface area (Å²) < 4.78 is 26.7. The van der Waals surface area contributed by atoms with Crippen molar-refractivity contribution in [1.29, 1.82) is 0 Å². The predicted molar refractivity (Wildman–Crippen MR) is 73.6 cm³/mol. The summed E-state index contributed by atoms with van der Waals surface area (Å²) in [7, 11) is 0. The smallest absolute Gasteiger partial charge is 0.146 e. The number of benzene rings is 1. The molecule has 0 saturated carbocycles. The minimum atomic E-state index is -0.571. The number of nitrogens with two attached hydrogens (primary N) is 1. The molecule has 0 aliphatic rings. The van der Waals surface area contributed by atoms with Crippen LogP contribution in [0.3, 0.4) is 0 Å². The van der Waals surface area contributed by atoms with E-state index in [1.165, 1.54) is 6.07 Å². The second kappa shape index (κ2) is 5.79. The number of hydrazine groups is 1. The number of nitrogen functional groups attached to an aromatic ring is 1. The summed E-state index contributed by atoms with van der Waals surface area (Å²) in [5.74, 6) is 5.56. The molecule has 0 spiro atoms. The topological polar surface area (TPSA) is 75.9 Å². The highest BCUT2D eigenvalue weighted by molar-refractivity contribution is 5.59. The van der Waals surface area contributed by atoms with Gasteiger partial charge in [-0.3, -0.25) is 0 Å². The van der Waals surface area contributed by atoms with Crippen LogP contribution in [0.4, 0.5) is 26.1 Å². The molecule has 20 heavy (non-hydrogen) atoms. The molecule has 0 amide bonds. The van der Waals surface area contributed by atoms with Gasteiger partial charge in [-0.15, -0.1) is 0 Å². The minimum absolute atomic E-state index is 0.00128. The minimum Gasteiger partial charge on any atom is -0.338 e. The zero-order chi connectivity index (χ0) is 14.7. The maximum atomic E-state index is 13.6. The first kappa shape index (κ1) is 14.1. The molecule has 0 aliphatic carbocycles. The van der Waals surface area contributed by atoms with Crippen LogP contribution in [0.1, 0.15) is 25.6 Å². The zero-order valence-corrected chi connectivity index (χ0v) is 11.1. The van der Waals surface area contributed by atoms with E-state index in [0.717, 1.165) is 18.2 Å². The van der Waals surface area contributed by atoms with Crippen molar-refractivity contribution in [2.24, 2.45) is 5.84 Å². The van der Waals surface area contributed by atoms with Crippen LogP contribution in [0.15, 0.2) is 24.3 Å². The van der Waals surface area contributed by atoms with Gasteiger partial charge in [0.15, 0.2) is 0 Å². The Morgan fingerprint density at radius 2 is 1.80 bits per heavy atom. The number of halogens is 2. The lowest BCUT2D eigenvalue weighted by Crippen LogP contribution is -2.12. The molecule has 0 saturated heterocycles. The molecule has 7 heteroatoms. The fraction of sp³-hybridized carbons (Fsp3) is 0.231. The van der Waals surface area contributed by atoms with Crippen LogP contribution in [0, 0.1) is 11.6 Å². The van der Waals surface area contributed by atoms with E-state index in [9.17, 15) is 8.78 Å². The summed E-state index contributed by atoms with van der Waals surface area (Å²) in [6, 6.07) is 4.66. The van der Waals surface area contributed by atoms with Gasteiger partial charge in [0.2, 0.25) is 0 Å². The summed E-state index contributed by atoms with van der Waals surface area (Å²) in [6.07, 6.45) is 0. The molecule has 1 heterocycles. The van der Waals surface area contributed by atoms with E-state index in [0.29, 0.717) is 17.5 Å². The van der Waals surface area contributed by atoms with E-state index in [4.69, 9.17) is 5.84 Å². The lowest BCUT2D eigenvalue weighted by Gasteiger charge is -2.12. The highest BCUT2D eigenvalue weighted by Crippen LogP contribution is 2.22. The normalized spacial score (nSPS) is 10.7. The Morgan fingerprint density at radius 3 is 2.45 bits per heavy atom. The summed E-state index contributed by atoms with van der Waals surface area (Å²) in [4.78, 5) is 8.42. The number of aromatic nitrogens is 2. The Morgan fingerprint density at radius 1 is 1.10 bits per heavy atom. The lowest BCUT2D eigenvalue weighted by atomic mass is 10.2. The molecular weight excluding hydrogens is 264 g/mol. The van der Waals surface area contributed by atoms with E-state index < -0.39 is 11.6 Å². The molecule has 2 aromatic rings. The van der Waals surface area contributed by atoms with Gasteiger partial charge in [-0.25, -0.2) is 24.6 Å². The van der Waals surface area contributed by atoms with Crippen molar-refractivity contribution < 1.29 is 8.78 Å². The third-order valence-corrected chi connectivity index (χ3v) is 2.60. The molecule has 1 aromatic carbocycles. The van der Waals surface area contributed by atoms with Gasteiger partial charge in [0, 0.05) is 18.1 Å². The SMILES string of the molecule is CC(C)c1nc(NN)cc(Nc2cc(F)ccc2F)n1. The maximum absolute atomic E-state index is 13.6. The van der Waals surface area contributed by atoms with Crippen molar-refractivity contribution in [3.05, 3.63) is 41.7 Å². The first-order chi connectivity index (χ1) is 9.49. The summed E-state index contributed by atoms with van der Waals surface area (Å²) in [6.45, 7) is 3.84. The highest BCUT2D eigenvalue weighted by atomic mass is 19.1. The van der Waals surface area contributed by atoms with Gasteiger partial charge in [0.1, 0.15) is 29.1 Å². The lowest BCUT2D eigenvalue weighted by molar-refractivity contribution is 0.603. The molecule has 2 rings (SSSR count). The van der Waals surface area contributed by atoms with Gasteiger partial charge in [-0.05, 0) is 12.1 Å². The van der Waals surface area contributed by atoms with Crippen LogP contribution in [-0.2, 0) is 0 Å². The number of hydrogen-bond donors (Lipinski definition) is 3. The molecule has 0 atom stereocenters. The first-order valence-corrected chi connectivity index (χ1v) is 6.07. The average molecular weight is 279 g/mol. The third kappa shape index (κ3) is 3.18. The average Bonchev–Trinajstić information content (AvgIpc) is 2.42. The van der Waals surface area contributed by atoms with Crippen LogP contribution in [0.25, 0.3) is 0 Å². The van der Waals surface area contributed by atoms with Crippen molar-refractivity contribution >= 4 is 17.3 Å². The number of hydrogen-bond acceptors (Lipinski definition) is 5. The quantitative estimate of drug-likeness (QED) is 0.592. The number of nitrogens with zero attached hydrogens (tertiary/aromatic N) is 2. The Hall–Kier alpha value is -2.28. The monoisotopic (exact) mass is 279 g/mol. The first-order valence-electron chi connectivity index (χ1n) is 6.07. The third-order valence-electron chi connectivity index (χ3n) is 2.60. The molecule has 4 N–H and O–H groups in total. The van der Waals surface area contributed by atoms with Crippen molar-refractivity contribution in [1.82, 2.24) is 9.97 Å². The molecule has 0 radical (unpaired) electrons. The molecule has 0 fully saturated rings. The van der Waals surface area contributed by atoms with Gasteiger partial charge < -0.3 is 10.7 Å². The van der Waals surface area contributed by atoms with E-state index in [1.54, 1.807) is 0 Å². The van der Waals surface area contributed by atoms with E-state index in [-0.39, 0.29) is 11.6 Å². The number of rotatable bonds is 4. The molecule has 0 bridgehead atoms. The van der Waals surface area contributed by atoms with Gasteiger partial charge in [0.05, 0.1) is 5.69 Å². The zero-order valence-electron chi connectivity index (χ0n) is 11.1. The second-order valence-corrected chi connectivity index (χ2v) is 4.54. The fourth-order valence-corrected chi connectivity index (χ4v) is 1.59. The summed E-state index contributed by atoms with van der Waals surface area (Å²) in [5, 5.41) is 2.72. The number of anilines is 3. The Bertz CT molecular complexity index is 616. The Kier molecular flexibility index (Phi) is 4.09. The number of nitrogens with one attached hydrogen (secondary N) is 2. The molecule has 0 aliphatic heterocycles. The standard InChI is InChI=1S/C13H15F2N5/c1-7(2)13-18-11(6-12(19-13)20-16)17-10-5-8(14)3-4-9(10)15/h3-7H,16H2,1-2H3,(H2,17,18,19,20). The van der Waals surface area contributed by atoms with Crippen LogP contribution < -0.4 is 16.6 Å². The van der Waals surface area contributed by atoms with Gasteiger partial charge in [-0.2, -0.15) is 0 Å². The summed E-state index contributed by atoms with van der Waals surface area (Å²) in [5.41, 5.74) is 2.42. The predicted octanol–water partition coefficient (Wildman–Crippen LogP) is 2.91. The molecule has 1 aromatic heterocycles. The largest absolute Gasteiger partial charge is 0.338 e. The Labute approximate surface area is 115 Å². The van der Waals surface area contributed by atoms with Crippen LogP contribution >= 0.6 is 0 Å². The van der Waals surface area contributed by atoms with Crippen molar-refractivity contribution in [3.8, 4) is 0 Å². The Balaban J connectivity index is 2.37.